The summed E-state index contributed by atoms with van der Waals surface area (Å²) in [6.07, 6.45) is 0.953. The number of nitrogens with two attached hydrogens (primary N) is 1. The molecule has 3 N–H and O–H groups in total. The Labute approximate surface area is 107 Å². The lowest BCUT2D eigenvalue weighted by Crippen LogP contribution is -2.29. The molecule has 1 fully saturated rings. The molecule has 106 valence electrons. The molecule has 1 aliphatic heterocycles. The summed E-state index contributed by atoms with van der Waals surface area (Å²) < 4.78 is 43.6. The second-order valence-corrected chi connectivity index (χ2v) is 8.51. The maximum Gasteiger partial charge on any atom is 0.220 e. The van der Waals surface area contributed by atoms with E-state index in [0.29, 0.717) is 6.42 Å². The molecule has 1 aliphatic rings. The zero-order valence-corrected chi connectivity index (χ0v) is 11.6. The average molecular weight is 298 g/mol. The number of sulfonamides is 1. The van der Waals surface area contributed by atoms with E-state index in [2.05, 4.69) is 5.32 Å². The molecule has 0 aromatic heterocycles. The van der Waals surface area contributed by atoms with Crippen LogP contribution in [0.15, 0.2) is 0 Å². The molecule has 0 aliphatic carbocycles. The Hall–Kier alpha value is -0.670. The Morgan fingerprint density at radius 2 is 2.06 bits per heavy atom. The molecule has 0 spiro atoms. The highest BCUT2D eigenvalue weighted by molar-refractivity contribution is 7.91. The van der Waals surface area contributed by atoms with E-state index in [1.165, 1.54) is 0 Å². The van der Waals surface area contributed by atoms with Gasteiger partial charge in [-0.2, -0.15) is 0 Å². The van der Waals surface area contributed by atoms with Crippen molar-refractivity contribution in [3.63, 3.8) is 0 Å². The molecule has 1 amide bonds. The van der Waals surface area contributed by atoms with Crippen molar-refractivity contribution < 1.29 is 21.6 Å². The molecule has 7 nitrogen and oxygen atoms in total. The number of rotatable bonds is 6. The van der Waals surface area contributed by atoms with Gasteiger partial charge in [0.05, 0.1) is 17.3 Å². The summed E-state index contributed by atoms with van der Waals surface area (Å²) in [5, 5.41) is 7.36. The summed E-state index contributed by atoms with van der Waals surface area (Å²) in [5.74, 6) is -0.321. The molecule has 1 rings (SSSR count). The highest BCUT2D eigenvalue weighted by atomic mass is 32.2. The van der Waals surface area contributed by atoms with Gasteiger partial charge in [-0.05, 0) is 18.8 Å². The topological polar surface area (TPSA) is 123 Å². The molecule has 0 aromatic carbocycles. The lowest BCUT2D eigenvalue weighted by molar-refractivity contribution is -0.121. The zero-order chi connectivity index (χ0) is 13.8. The molecule has 1 heterocycles. The standard InChI is InChI=1S/C9H18N2O5S2/c10-18(15,16)4-1-3-11-9(12)6-8-2-5-17(13,14)7-8/h8H,1-7H2,(H,11,12)(H2,10,15,16). The second kappa shape index (κ2) is 5.98. The first-order chi connectivity index (χ1) is 8.18. The minimum atomic E-state index is -3.49. The fraction of sp³-hybridized carbons (Fsp3) is 0.889. The van der Waals surface area contributed by atoms with Gasteiger partial charge in [-0.15, -0.1) is 0 Å². The lowest BCUT2D eigenvalue weighted by atomic mass is 10.1. The first-order valence-corrected chi connectivity index (χ1v) is 9.19. The molecule has 9 heteroatoms. The van der Waals surface area contributed by atoms with E-state index in [9.17, 15) is 21.6 Å². The van der Waals surface area contributed by atoms with Gasteiger partial charge in [0.2, 0.25) is 15.9 Å². The van der Waals surface area contributed by atoms with E-state index in [0.717, 1.165) is 0 Å². The van der Waals surface area contributed by atoms with Gasteiger partial charge in [0.1, 0.15) is 0 Å². The van der Waals surface area contributed by atoms with Crippen LogP contribution in [0.2, 0.25) is 0 Å². The summed E-state index contributed by atoms with van der Waals surface area (Å²) in [6, 6.07) is 0. The van der Waals surface area contributed by atoms with Crippen molar-refractivity contribution in [2.24, 2.45) is 11.1 Å². The van der Waals surface area contributed by atoms with Gasteiger partial charge in [-0.3, -0.25) is 4.79 Å². The van der Waals surface area contributed by atoms with E-state index >= 15 is 0 Å². The lowest BCUT2D eigenvalue weighted by Gasteiger charge is -2.08. The number of carbonyl (C=O) groups excluding carboxylic acids is 1. The summed E-state index contributed by atoms with van der Waals surface area (Å²) in [4.78, 5) is 11.4. The van der Waals surface area contributed by atoms with Crippen molar-refractivity contribution in [3.05, 3.63) is 0 Å². The molecule has 0 aromatic rings. The summed E-state index contributed by atoms with van der Waals surface area (Å²) in [6.45, 7) is 0.231. The fourth-order valence-corrected chi connectivity index (χ4v) is 4.28. The smallest absolute Gasteiger partial charge is 0.220 e. The predicted octanol–water partition coefficient (Wildman–Crippen LogP) is -1.39. The van der Waals surface area contributed by atoms with Gasteiger partial charge in [0.15, 0.2) is 9.84 Å². The van der Waals surface area contributed by atoms with Crippen LogP contribution >= 0.6 is 0 Å². The van der Waals surface area contributed by atoms with Crippen LogP contribution in [0, 0.1) is 5.92 Å². The van der Waals surface area contributed by atoms with Crippen LogP contribution < -0.4 is 10.5 Å². The first-order valence-electron chi connectivity index (χ1n) is 5.65. The van der Waals surface area contributed by atoms with Crippen LogP contribution in [-0.2, 0) is 24.7 Å². The highest BCUT2D eigenvalue weighted by Gasteiger charge is 2.29. The fourth-order valence-electron chi connectivity index (χ4n) is 1.87. The van der Waals surface area contributed by atoms with Gasteiger partial charge in [-0.25, -0.2) is 22.0 Å². The van der Waals surface area contributed by atoms with E-state index in [4.69, 9.17) is 5.14 Å². The van der Waals surface area contributed by atoms with Crippen molar-refractivity contribution in [2.45, 2.75) is 19.3 Å². The molecule has 1 unspecified atom stereocenters. The van der Waals surface area contributed by atoms with Crippen molar-refractivity contribution in [3.8, 4) is 0 Å². The second-order valence-electron chi connectivity index (χ2n) is 4.54. The monoisotopic (exact) mass is 298 g/mol. The molecule has 18 heavy (non-hydrogen) atoms. The minimum absolute atomic E-state index is 0.0671. The first kappa shape index (κ1) is 15.4. The number of primary sulfonamides is 1. The number of amides is 1. The van der Waals surface area contributed by atoms with E-state index < -0.39 is 19.9 Å². The molecule has 0 saturated carbocycles. The van der Waals surface area contributed by atoms with Gasteiger partial charge in [-0.1, -0.05) is 0 Å². The Kier molecular flexibility index (Phi) is 5.11. The van der Waals surface area contributed by atoms with Crippen molar-refractivity contribution in [1.82, 2.24) is 5.32 Å². The number of carbonyl (C=O) groups is 1. The van der Waals surface area contributed by atoms with Gasteiger partial charge >= 0.3 is 0 Å². The van der Waals surface area contributed by atoms with Gasteiger partial charge in [0.25, 0.3) is 0 Å². The SMILES string of the molecule is NS(=O)(=O)CCCNC(=O)CC1CCS(=O)(=O)C1. The Balaban J connectivity index is 2.19. The zero-order valence-electron chi connectivity index (χ0n) is 9.96. The average Bonchev–Trinajstić information content (AvgIpc) is 2.51. The normalized spacial score (nSPS) is 22.8. The van der Waals surface area contributed by atoms with Crippen LogP contribution in [0.25, 0.3) is 0 Å². The Bertz CT molecular complexity index is 497. The van der Waals surface area contributed by atoms with Crippen LogP contribution in [0.1, 0.15) is 19.3 Å². The van der Waals surface area contributed by atoms with Crippen LogP contribution in [0.3, 0.4) is 0 Å². The largest absolute Gasteiger partial charge is 0.356 e. The summed E-state index contributed by atoms with van der Waals surface area (Å²) in [7, 11) is -6.45. The van der Waals surface area contributed by atoms with Crippen molar-refractivity contribution in [1.29, 1.82) is 0 Å². The molecular formula is C9H18N2O5S2. The number of nitrogens with one attached hydrogen (secondary N) is 1. The minimum Gasteiger partial charge on any atom is -0.356 e. The predicted molar refractivity (Wildman–Crippen MR) is 67.0 cm³/mol. The third-order valence-corrected chi connectivity index (χ3v) is 5.42. The Morgan fingerprint density at radius 1 is 1.39 bits per heavy atom. The summed E-state index contributed by atoms with van der Waals surface area (Å²) >= 11 is 0. The quantitative estimate of drug-likeness (QED) is 0.584. The number of hydrogen-bond acceptors (Lipinski definition) is 5. The van der Waals surface area contributed by atoms with Crippen LogP contribution in [0.4, 0.5) is 0 Å². The maximum atomic E-state index is 11.4. The molecule has 0 radical (unpaired) electrons. The number of sulfone groups is 1. The van der Waals surface area contributed by atoms with E-state index in [1.807, 2.05) is 0 Å². The van der Waals surface area contributed by atoms with E-state index in [1.54, 1.807) is 0 Å². The van der Waals surface area contributed by atoms with Crippen LogP contribution in [0.5, 0.6) is 0 Å². The highest BCUT2D eigenvalue weighted by Crippen LogP contribution is 2.21. The van der Waals surface area contributed by atoms with E-state index in [-0.39, 0.29) is 48.5 Å². The van der Waals surface area contributed by atoms with Crippen molar-refractivity contribution in [2.75, 3.05) is 23.8 Å². The molecule has 1 saturated heterocycles. The van der Waals surface area contributed by atoms with Gasteiger partial charge in [0, 0.05) is 13.0 Å². The summed E-state index contributed by atoms with van der Waals surface area (Å²) in [5.41, 5.74) is 0. The maximum absolute atomic E-state index is 11.4. The molecule has 0 bridgehead atoms. The third kappa shape index (κ3) is 6.31. The van der Waals surface area contributed by atoms with Crippen LogP contribution in [-0.4, -0.2) is 46.5 Å². The number of hydrogen-bond donors (Lipinski definition) is 2. The van der Waals surface area contributed by atoms with Crippen molar-refractivity contribution >= 4 is 25.8 Å². The molecular weight excluding hydrogens is 280 g/mol. The van der Waals surface area contributed by atoms with Gasteiger partial charge < -0.3 is 5.32 Å². The third-order valence-electron chi connectivity index (χ3n) is 2.73. The Morgan fingerprint density at radius 3 is 2.56 bits per heavy atom. The molecule has 1 atom stereocenters.